The van der Waals surface area contributed by atoms with Gasteiger partial charge in [-0.3, -0.25) is 23.7 Å². The van der Waals surface area contributed by atoms with E-state index in [1.54, 1.807) is 48.5 Å². The number of carbonyl (C=O) groups excluding carboxylic acids is 1. The Labute approximate surface area is 250 Å². The van der Waals surface area contributed by atoms with E-state index < -0.39 is 61.4 Å². The Bertz CT molecular complexity index is 1790. The number of aromatic amines is 1. The van der Waals surface area contributed by atoms with Gasteiger partial charge in [-0.05, 0) is 30.9 Å². The minimum Gasteiger partial charge on any atom is -0.460 e. The molecule has 232 valence electrons. The van der Waals surface area contributed by atoms with Gasteiger partial charge in [0.1, 0.15) is 30.7 Å². The molecule has 1 aliphatic heterocycles. The molecule has 3 aromatic carbocycles. The lowest BCUT2D eigenvalue weighted by Crippen LogP contribution is -2.39. The van der Waals surface area contributed by atoms with Crippen LogP contribution in [0.15, 0.2) is 88.6 Å². The molecular formula is C30H31FN3O9P. The Balaban J connectivity index is 1.37. The molecule has 3 N–H and O–H groups in total. The summed E-state index contributed by atoms with van der Waals surface area (Å²) in [7, 11) is -4.42. The van der Waals surface area contributed by atoms with Crippen LogP contribution in [0.5, 0.6) is 5.75 Å². The van der Waals surface area contributed by atoms with Crippen LogP contribution in [0.4, 0.5) is 4.39 Å². The van der Waals surface area contributed by atoms with Crippen LogP contribution in [0, 0.1) is 5.82 Å². The van der Waals surface area contributed by atoms with E-state index in [0.717, 1.165) is 15.5 Å². The highest BCUT2D eigenvalue weighted by Crippen LogP contribution is 2.49. The number of hydrogen-bond donors (Lipinski definition) is 3. The first-order valence-corrected chi connectivity index (χ1v) is 15.4. The number of H-pyrrole nitrogens is 1. The number of aromatic nitrogens is 2. The average Bonchev–Trinajstić information content (AvgIpc) is 3.39. The van der Waals surface area contributed by atoms with Crippen molar-refractivity contribution < 1.29 is 37.4 Å². The molecule has 0 bridgehead atoms. The third-order valence-corrected chi connectivity index (χ3v) is 8.79. The second-order valence-corrected chi connectivity index (χ2v) is 12.0. The third-order valence-electron chi connectivity index (χ3n) is 7.04. The molecule has 44 heavy (non-hydrogen) atoms. The molecule has 0 radical (unpaired) electrons. The minimum atomic E-state index is -4.42. The number of nitrogens with one attached hydrogen (secondary N) is 2. The number of aliphatic hydroxyl groups is 1. The Morgan fingerprint density at radius 2 is 1.82 bits per heavy atom. The fourth-order valence-corrected chi connectivity index (χ4v) is 6.56. The Kier molecular flexibility index (Phi) is 9.42. The van der Waals surface area contributed by atoms with Crippen molar-refractivity contribution in [2.45, 2.75) is 57.5 Å². The van der Waals surface area contributed by atoms with Gasteiger partial charge < -0.3 is 19.1 Å². The molecule has 0 spiro atoms. The van der Waals surface area contributed by atoms with Gasteiger partial charge in [-0.1, -0.05) is 66.7 Å². The summed E-state index contributed by atoms with van der Waals surface area (Å²) < 4.78 is 52.1. The maximum absolute atomic E-state index is 14.3. The largest absolute Gasteiger partial charge is 0.460 e. The Morgan fingerprint density at radius 3 is 2.59 bits per heavy atom. The van der Waals surface area contributed by atoms with Gasteiger partial charge in [0, 0.05) is 11.8 Å². The number of nitrogens with zero attached hydrogens (tertiary/aromatic N) is 1. The van der Waals surface area contributed by atoms with Gasteiger partial charge in [-0.15, -0.1) is 0 Å². The van der Waals surface area contributed by atoms with Crippen molar-refractivity contribution in [2.75, 3.05) is 0 Å². The summed E-state index contributed by atoms with van der Waals surface area (Å²) in [6.45, 7) is 2.89. The molecule has 14 heteroatoms. The van der Waals surface area contributed by atoms with Crippen LogP contribution in [0.25, 0.3) is 10.8 Å². The SMILES string of the molecule is C[C@H](N[P@](=O)(Oc1cccc2ccccc12)O[C@H](C)[C@H]1O[C@@H](n2cc(F)c(=O)[nH]c2=O)CC1O)C(=O)OCc1ccccc1. The van der Waals surface area contributed by atoms with Crippen molar-refractivity contribution in [3.63, 3.8) is 0 Å². The van der Waals surface area contributed by atoms with Crippen molar-refractivity contribution in [1.29, 1.82) is 0 Å². The van der Waals surface area contributed by atoms with Crippen LogP contribution in [0.2, 0.25) is 0 Å². The molecule has 1 unspecified atom stereocenters. The number of esters is 1. The van der Waals surface area contributed by atoms with E-state index in [2.05, 4.69) is 5.09 Å². The molecule has 1 fully saturated rings. The van der Waals surface area contributed by atoms with E-state index in [1.165, 1.54) is 13.8 Å². The maximum Gasteiger partial charge on any atom is 0.459 e. The molecule has 5 rings (SSSR count). The normalized spacial score (nSPS) is 21.0. The highest BCUT2D eigenvalue weighted by Gasteiger charge is 2.43. The molecular weight excluding hydrogens is 596 g/mol. The van der Waals surface area contributed by atoms with E-state index in [-0.39, 0.29) is 18.8 Å². The number of halogens is 1. The molecule has 12 nitrogen and oxygen atoms in total. The quantitative estimate of drug-likeness (QED) is 0.165. The summed E-state index contributed by atoms with van der Waals surface area (Å²) in [6.07, 6.45) is -4.17. The van der Waals surface area contributed by atoms with Crippen LogP contribution >= 0.6 is 7.75 Å². The summed E-state index contributed by atoms with van der Waals surface area (Å²) in [5.74, 6) is -1.72. The lowest BCUT2D eigenvalue weighted by molar-refractivity contribution is -0.146. The first-order valence-electron chi connectivity index (χ1n) is 13.8. The molecule has 1 aliphatic rings. The first-order chi connectivity index (χ1) is 21.0. The van der Waals surface area contributed by atoms with Gasteiger partial charge in [-0.25, -0.2) is 9.36 Å². The van der Waals surface area contributed by atoms with E-state index in [9.17, 15) is 28.4 Å². The van der Waals surface area contributed by atoms with E-state index in [4.69, 9.17) is 18.5 Å². The molecule has 0 saturated carbocycles. The zero-order chi connectivity index (χ0) is 31.4. The van der Waals surface area contributed by atoms with Gasteiger partial charge in [0.05, 0.1) is 18.4 Å². The minimum absolute atomic E-state index is 0.00829. The van der Waals surface area contributed by atoms with Crippen molar-refractivity contribution in [2.24, 2.45) is 0 Å². The molecule has 0 amide bonds. The van der Waals surface area contributed by atoms with Crippen molar-refractivity contribution in [3.05, 3.63) is 111 Å². The molecule has 0 aliphatic carbocycles. The van der Waals surface area contributed by atoms with Crippen molar-refractivity contribution >= 4 is 24.5 Å². The second-order valence-electron chi connectivity index (χ2n) is 10.3. The number of aliphatic hydroxyl groups excluding tert-OH is 1. The van der Waals surface area contributed by atoms with E-state index >= 15 is 0 Å². The highest BCUT2D eigenvalue weighted by atomic mass is 31.2. The van der Waals surface area contributed by atoms with Gasteiger partial charge in [0.2, 0.25) is 5.82 Å². The standard InChI is InChI=1S/C30H31FN3O9P/c1-18(29(37)40-17-20-9-4-3-5-10-20)33-44(39,43-25-14-8-12-21-11-6-7-13-22(21)25)42-19(2)27-24(35)15-26(41-27)34-16-23(31)28(36)32-30(34)38/h3-14,16,18-19,24,26-27,35H,15,17H2,1-2H3,(H,33,39)(H,32,36,38)/t18-,19+,24?,26+,27+,44+/m0/s1. The van der Waals surface area contributed by atoms with Crippen molar-refractivity contribution in [3.8, 4) is 5.75 Å². The number of hydrogen-bond acceptors (Lipinski definition) is 9. The van der Waals surface area contributed by atoms with Gasteiger partial charge in [0.25, 0.3) is 5.56 Å². The number of carbonyl (C=O) groups is 1. The molecule has 1 saturated heterocycles. The zero-order valence-electron chi connectivity index (χ0n) is 23.8. The van der Waals surface area contributed by atoms with Crippen LogP contribution in [-0.4, -0.2) is 45.0 Å². The topological polar surface area (TPSA) is 158 Å². The van der Waals surface area contributed by atoms with Gasteiger partial charge in [0.15, 0.2) is 0 Å². The lowest BCUT2D eigenvalue weighted by atomic mass is 10.1. The maximum atomic E-state index is 14.3. The molecule has 4 aromatic rings. The fraction of sp³-hybridized carbons (Fsp3) is 0.300. The molecule has 6 atom stereocenters. The molecule has 1 aromatic heterocycles. The summed E-state index contributed by atoms with van der Waals surface area (Å²) >= 11 is 0. The summed E-state index contributed by atoms with van der Waals surface area (Å²) in [5, 5.41) is 14.8. The number of fused-ring (bicyclic) bond motifs is 1. The van der Waals surface area contributed by atoms with Crippen LogP contribution in [0.1, 0.15) is 32.1 Å². The highest BCUT2D eigenvalue weighted by molar-refractivity contribution is 7.52. The van der Waals surface area contributed by atoms with Crippen LogP contribution in [-0.2, 0) is 30.0 Å². The molecule has 2 heterocycles. The zero-order valence-corrected chi connectivity index (χ0v) is 24.7. The summed E-state index contributed by atoms with van der Waals surface area (Å²) in [4.78, 5) is 38.4. The lowest BCUT2D eigenvalue weighted by Gasteiger charge is -2.29. The van der Waals surface area contributed by atoms with E-state index in [0.29, 0.717) is 11.6 Å². The third kappa shape index (κ3) is 7.15. The second kappa shape index (κ2) is 13.2. The monoisotopic (exact) mass is 627 g/mol. The Hall–Kier alpha value is -4.13. The average molecular weight is 628 g/mol. The van der Waals surface area contributed by atoms with Gasteiger partial charge in [-0.2, -0.15) is 9.48 Å². The predicted molar refractivity (Wildman–Crippen MR) is 157 cm³/mol. The number of ether oxygens (including phenoxy) is 2. The van der Waals surface area contributed by atoms with Crippen LogP contribution in [0.3, 0.4) is 0 Å². The first kappa shape index (κ1) is 31.3. The van der Waals surface area contributed by atoms with Crippen LogP contribution < -0.4 is 20.9 Å². The Morgan fingerprint density at radius 1 is 1.11 bits per heavy atom. The fourth-order valence-electron chi connectivity index (χ4n) is 4.85. The summed E-state index contributed by atoms with van der Waals surface area (Å²) in [6, 6.07) is 20.3. The van der Waals surface area contributed by atoms with E-state index in [1.807, 2.05) is 29.2 Å². The summed E-state index contributed by atoms with van der Waals surface area (Å²) in [5.41, 5.74) is -1.36. The number of rotatable bonds is 11. The predicted octanol–water partition coefficient (Wildman–Crippen LogP) is 3.79. The smallest absolute Gasteiger partial charge is 0.459 e. The number of benzene rings is 3. The van der Waals surface area contributed by atoms with Crippen molar-refractivity contribution in [1.82, 2.24) is 14.6 Å². The van der Waals surface area contributed by atoms with Gasteiger partial charge >= 0.3 is 19.4 Å².